The van der Waals surface area contributed by atoms with Gasteiger partial charge in [-0.15, -0.1) is 0 Å². The Morgan fingerprint density at radius 1 is 1.13 bits per heavy atom. The van der Waals surface area contributed by atoms with E-state index in [0.717, 1.165) is 10.8 Å². The molecule has 4 heteroatoms. The van der Waals surface area contributed by atoms with Crippen molar-refractivity contribution in [3.63, 3.8) is 0 Å². The summed E-state index contributed by atoms with van der Waals surface area (Å²) in [4.78, 5) is 10.6. The molecule has 0 fully saturated rings. The van der Waals surface area contributed by atoms with Gasteiger partial charge in [-0.25, -0.2) is 0 Å². The first kappa shape index (κ1) is 9.58. The number of fused-ring (bicyclic) bond motifs is 1. The van der Waals surface area contributed by atoms with Crippen LogP contribution in [-0.4, -0.2) is 18.8 Å². The van der Waals surface area contributed by atoms with Crippen LogP contribution < -0.4 is 5.32 Å². The van der Waals surface area contributed by atoms with Crippen LogP contribution in [0.1, 0.15) is 0 Å². The Balaban J connectivity index is 2.47. The number of carbonyl (C=O) groups excluding carboxylic acids is 1. The number of aromatic hydroxyl groups is 1. The largest absolute Gasteiger partial charge is 0.508 e. The van der Waals surface area contributed by atoms with E-state index >= 15 is 0 Å². The average Bonchev–Trinajstić information content (AvgIpc) is 2.17. The van der Waals surface area contributed by atoms with E-state index in [2.05, 4.69) is 5.32 Å². The lowest BCUT2D eigenvalue weighted by Gasteiger charge is -2.04. The highest BCUT2D eigenvalue weighted by Crippen LogP contribution is 2.22. The third-order valence-corrected chi connectivity index (χ3v) is 2.09. The molecule has 2 radical (unpaired) electrons. The predicted octanol–water partition coefficient (Wildman–Crippen LogP) is 2.25. The van der Waals surface area contributed by atoms with Crippen molar-refractivity contribution >= 4 is 30.1 Å². The van der Waals surface area contributed by atoms with Gasteiger partial charge in [0, 0.05) is 5.69 Å². The maximum absolute atomic E-state index is 10.6. The van der Waals surface area contributed by atoms with E-state index < -0.39 is 5.81 Å². The molecule has 0 saturated carbocycles. The number of hydrogen-bond acceptors (Lipinski definition) is 2. The molecule has 0 aromatic heterocycles. The first-order valence-electron chi connectivity index (χ1n) is 4.44. The zero-order chi connectivity index (χ0) is 10.8. The van der Waals surface area contributed by atoms with Gasteiger partial charge in [0.1, 0.15) is 5.75 Å². The number of hydrogen-bond donors (Lipinski definition) is 2. The zero-order valence-electron chi connectivity index (χ0n) is 7.90. The highest BCUT2D eigenvalue weighted by Gasteiger charge is 1.98. The molecule has 0 spiro atoms. The van der Waals surface area contributed by atoms with Crippen LogP contribution >= 0.6 is 0 Å². The van der Waals surface area contributed by atoms with Crippen LogP contribution in [0.25, 0.3) is 10.8 Å². The predicted molar refractivity (Wildman–Crippen MR) is 60.4 cm³/mol. The molecule has 2 aromatic carbocycles. The third-order valence-electron chi connectivity index (χ3n) is 2.09. The second-order valence-corrected chi connectivity index (χ2v) is 3.24. The Labute approximate surface area is 88.1 Å². The fraction of sp³-hybridized carbons (Fsp3) is 0. The molecule has 0 unspecified atom stereocenters. The number of benzene rings is 2. The van der Waals surface area contributed by atoms with Crippen molar-refractivity contribution < 1.29 is 9.90 Å². The highest BCUT2D eigenvalue weighted by atomic mass is 16.3. The van der Waals surface area contributed by atoms with Gasteiger partial charge in [0.15, 0.2) is 5.81 Å². The number of carbonyl (C=O) groups is 1. The summed E-state index contributed by atoms with van der Waals surface area (Å²) in [6.07, 6.45) is 0. The van der Waals surface area contributed by atoms with Gasteiger partial charge in [0.2, 0.25) is 7.85 Å². The fourth-order valence-electron chi connectivity index (χ4n) is 1.45. The molecule has 2 N–H and O–H groups in total. The van der Waals surface area contributed by atoms with E-state index in [1.54, 1.807) is 36.4 Å². The SMILES string of the molecule is [B]C(=O)Nc1ccc2cc(O)ccc2c1. The van der Waals surface area contributed by atoms with Gasteiger partial charge < -0.3 is 10.4 Å². The van der Waals surface area contributed by atoms with Crippen LogP contribution in [0.4, 0.5) is 10.5 Å². The van der Waals surface area contributed by atoms with Gasteiger partial charge in [0.25, 0.3) is 0 Å². The first-order chi connectivity index (χ1) is 7.15. The number of rotatable bonds is 1. The zero-order valence-corrected chi connectivity index (χ0v) is 7.90. The number of phenolic OH excluding ortho intramolecular Hbond substituents is 1. The highest BCUT2D eigenvalue weighted by molar-refractivity contribution is 6.60. The lowest BCUT2D eigenvalue weighted by Crippen LogP contribution is -2.07. The summed E-state index contributed by atoms with van der Waals surface area (Å²) < 4.78 is 0. The van der Waals surface area contributed by atoms with Crippen LogP contribution in [-0.2, 0) is 0 Å². The molecule has 15 heavy (non-hydrogen) atoms. The van der Waals surface area contributed by atoms with E-state index in [1.165, 1.54) is 0 Å². The Morgan fingerprint density at radius 3 is 2.53 bits per heavy atom. The fourth-order valence-corrected chi connectivity index (χ4v) is 1.45. The van der Waals surface area contributed by atoms with Crippen molar-refractivity contribution in [2.24, 2.45) is 0 Å². The van der Waals surface area contributed by atoms with Crippen LogP contribution in [0.2, 0.25) is 0 Å². The summed E-state index contributed by atoms with van der Waals surface area (Å²) >= 11 is 0. The normalized spacial score (nSPS) is 10.1. The van der Waals surface area contributed by atoms with E-state index in [0.29, 0.717) is 5.69 Å². The molecule has 0 heterocycles. The first-order valence-corrected chi connectivity index (χ1v) is 4.44. The molecule has 2 rings (SSSR count). The Kier molecular flexibility index (Phi) is 2.33. The lowest BCUT2D eigenvalue weighted by atomic mass is 10.1. The molecular weight excluding hydrogens is 189 g/mol. The van der Waals surface area contributed by atoms with Gasteiger partial charge in [-0.2, -0.15) is 0 Å². The van der Waals surface area contributed by atoms with Crippen molar-refractivity contribution in [1.29, 1.82) is 0 Å². The second-order valence-electron chi connectivity index (χ2n) is 3.24. The minimum absolute atomic E-state index is 0.220. The summed E-state index contributed by atoms with van der Waals surface area (Å²) in [6, 6.07) is 10.4. The Bertz CT molecular complexity index is 525. The van der Waals surface area contributed by atoms with Crippen molar-refractivity contribution in [3.05, 3.63) is 36.4 Å². The van der Waals surface area contributed by atoms with Crippen LogP contribution in [0, 0.1) is 0 Å². The van der Waals surface area contributed by atoms with Crippen LogP contribution in [0.5, 0.6) is 5.75 Å². The summed E-state index contributed by atoms with van der Waals surface area (Å²) in [7, 11) is 5.00. The van der Waals surface area contributed by atoms with Crippen molar-refractivity contribution in [2.45, 2.75) is 0 Å². The maximum atomic E-state index is 10.6. The van der Waals surface area contributed by atoms with E-state index in [4.69, 9.17) is 7.85 Å². The maximum Gasteiger partial charge on any atom is 0.201 e. The monoisotopic (exact) mass is 197 g/mol. The Hall–Kier alpha value is -1.97. The molecule has 2 aromatic rings. The van der Waals surface area contributed by atoms with Crippen LogP contribution in [0.3, 0.4) is 0 Å². The summed E-state index contributed by atoms with van der Waals surface area (Å²) in [6.45, 7) is 0. The Morgan fingerprint density at radius 2 is 1.80 bits per heavy atom. The standard InChI is InChI=1S/C11H8BNO2/c12-11(15)13-9-3-1-8-6-10(14)4-2-7(8)5-9/h1-6,14H,(H,13,15). The van der Waals surface area contributed by atoms with Gasteiger partial charge in [0.05, 0.1) is 0 Å². The molecule has 0 aliphatic carbocycles. The second kappa shape index (κ2) is 3.65. The van der Waals surface area contributed by atoms with Crippen molar-refractivity contribution in [1.82, 2.24) is 0 Å². The molecule has 1 amide bonds. The number of anilines is 1. The van der Waals surface area contributed by atoms with Gasteiger partial charge in [-0.1, -0.05) is 12.1 Å². The summed E-state index contributed by atoms with van der Waals surface area (Å²) in [5, 5.41) is 13.6. The topological polar surface area (TPSA) is 49.3 Å². The molecule has 0 saturated heterocycles. The van der Waals surface area contributed by atoms with Gasteiger partial charge in [-0.3, -0.25) is 4.79 Å². The van der Waals surface area contributed by atoms with E-state index in [-0.39, 0.29) is 5.75 Å². The van der Waals surface area contributed by atoms with Gasteiger partial charge in [-0.05, 0) is 35.0 Å². The quantitative estimate of drug-likeness (QED) is 0.688. The summed E-state index contributed by atoms with van der Waals surface area (Å²) in [5.74, 6) is -0.369. The minimum Gasteiger partial charge on any atom is -0.508 e. The molecule has 0 aliphatic rings. The van der Waals surface area contributed by atoms with Gasteiger partial charge >= 0.3 is 0 Å². The number of phenols is 1. The molecule has 0 atom stereocenters. The number of amides is 1. The third kappa shape index (κ3) is 2.10. The van der Waals surface area contributed by atoms with Crippen molar-refractivity contribution in [2.75, 3.05) is 5.32 Å². The molecule has 0 aliphatic heterocycles. The summed E-state index contributed by atoms with van der Waals surface area (Å²) in [5.41, 5.74) is 0.640. The smallest absolute Gasteiger partial charge is 0.201 e. The molecule has 0 bridgehead atoms. The average molecular weight is 197 g/mol. The molecular formula is C11H8BNO2. The van der Waals surface area contributed by atoms with Crippen molar-refractivity contribution in [3.8, 4) is 5.75 Å². The molecule has 3 nitrogen and oxygen atoms in total. The lowest BCUT2D eigenvalue weighted by molar-refractivity contribution is 0.269. The number of nitrogens with one attached hydrogen (secondary N) is 1. The van der Waals surface area contributed by atoms with Crippen LogP contribution in [0.15, 0.2) is 36.4 Å². The molecule has 72 valence electrons. The van der Waals surface area contributed by atoms with E-state index in [1.807, 2.05) is 0 Å². The minimum atomic E-state index is -0.590. The van der Waals surface area contributed by atoms with E-state index in [9.17, 15) is 9.90 Å².